The largest absolute Gasteiger partial charge is 0.115 e. The van der Waals surface area contributed by atoms with Crippen molar-refractivity contribution in [3.8, 4) is 12.3 Å². The summed E-state index contributed by atoms with van der Waals surface area (Å²) < 4.78 is 0. The van der Waals surface area contributed by atoms with E-state index in [1.54, 1.807) is 6.08 Å². The van der Waals surface area contributed by atoms with Crippen LogP contribution in [0.4, 0.5) is 0 Å². The lowest BCUT2D eigenvalue weighted by Crippen LogP contribution is -1.93. The van der Waals surface area contributed by atoms with Crippen molar-refractivity contribution in [3.05, 3.63) is 95.6 Å². The van der Waals surface area contributed by atoms with Crippen LogP contribution in [0.5, 0.6) is 0 Å². The predicted molar refractivity (Wildman–Crippen MR) is 109 cm³/mol. The number of allylic oxidation sites excluding steroid dienone is 9. The van der Waals surface area contributed by atoms with Crippen molar-refractivity contribution in [2.45, 2.75) is 27.2 Å². The van der Waals surface area contributed by atoms with Gasteiger partial charge in [0.15, 0.2) is 0 Å². The molecule has 0 heterocycles. The Bertz CT molecular complexity index is 738. The average molecular weight is 314 g/mol. The Balaban J connectivity index is 3.45. The topological polar surface area (TPSA) is 0 Å². The minimum Gasteiger partial charge on any atom is -0.115 e. The Kier molecular flexibility index (Phi) is 8.09. The molecule has 0 saturated carbocycles. The first-order valence-electron chi connectivity index (χ1n) is 8.16. The highest BCUT2D eigenvalue weighted by Crippen LogP contribution is 2.29. The van der Waals surface area contributed by atoms with Crippen LogP contribution in [0.25, 0.3) is 11.6 Å². The number of terminal acetylenes is 1. The van der Waals surface area contributed by atoms with Gasteiger partial charge in [0.2, 0.25) is 0 Å². The summed E-state index contributed by atoms with van der Waals surface area (Å²) in [6.45, 7) is 14.3. The number of benzene rings is 1. The highest BCUT2D eigenvalue weighted by molar-refractivity contribution is 5.85. The quantitative estimate of drug-likeness (QED) is 0.385. The number of hydrogen-bond acceptors (Lipinski definition) is 0. The summed E-state index contributed by atoms with van der Waals surface area (Å²) in [5.41, 5.74) is 6.70. The lowest BCUT2D eigenvalue weighted by molar-refractivity contribution is 1.15. The summed E-state index contributed by atoms with van der Waals surface area (Å²) in [6, 6.07) is 8.34. The fraction of sp³-hybridized carbons (Fsp3) is 0.167. The monoisotopic (exact) mass is 314 g/mol. The van der Waals surface area contributed by atoms with Gasteiger partial charge in [-0.2, -0.15) is 0 Å². The van der Waals surface area contributed by atoms with Crippen molar-refractivity contribution in [2.24, 2.45) is 0 Å². The smallest absolute Gasteiger partial charge is 0.00852 e. The molecule has 0 amide bonds. The molecule has 0 atom stereocenters. The lowest BCUT2D eigenvalue weighted by Gasteiger charge is -2.13. The molecule has 122 valence electrons. The Labute approximate surface area is 147 Å². The molecule has 0 heteroatoms. The van der Waals surface area contributed by atoms with Crippen LogP contribution in [0.3, 0.4) is 0 Å². The van der Waals surface area contributed by atoms with E-state index in [1.165, 1.54) is 11.1 Å². The lowest BCUT2D eigenvalue weighted by atomic mass is 9.91. The van der Waals surface area contributed by atoms with Gasteiger partial charge in [-0.15, -0.1) is 6.42 Å². The molecule has 0 nitrogen and oxygen atoms in total. The van der Waals surface area contributed by atoms with E-state index < -0.39 is 0 Å². The Morgan fingerprint density at radius 2 is 1.83 bits per heavy atom. The van der Waals surface area contributed by atoms with Crippen LogP contribution >= 0.6 is 0 Å². The Hall–Kier alpha value is -2.78. The van der Waals surface area contributed by atoms with E-state index in [2.05, 4.69) is 75.4 Å². The van der Waals surface area contributed by atoms with Gasteiger partial charge in [-0.25, -0.2) is 0 Å². The fourth-order valence-electron chi connectivity index (χ4n) is 2.30. The van der Waals surface area contributed by atoms with Gasteiger partial charge in [0, 0.05) is 0 Å². The van der Waals surface area contributed by atoms with Crippen LogP contribution < -0.4 is 0 Å². The fourth-order valence-corrected chi connectivity index (χ4v) is 2.30. The zero-order valence-electron chi connectivity index (χ0n) is 15.0. The second kappa shape index (κ2) is 10.1. The average Bonchev–Trinajstić information content (AvgIpc) is 2.63. The van der Waals surface area contributed by atoms with Crippen molar-refractivity contribution >= 4 is 11.6 Å². The van der Waals surface area contributed by atoms with Gasteiger partial charge in [0.05, 0.1) is 0 Å². The van der Waals surface area contributed by atoms with Crippen molar-refractivity contribution in [3.63, 3.8) is 0 Å². The first-order chi connectivity index (χ1) is 11.6. The molecule has 0 fully saturated rings. The second-order valence-electron chi connectivity index (χ2n) is 5.47. The van der Waals surface area contributed by atoms with E-state index in [0.29, 0.717) is 0 Å². The van der Waals surface area contributed by atoms with Crippen molar-refractivity contribution in [2.75, 3.05) is 0 Å². The summed E-state index contributed by atoms with van der Waals surface area (Å²) in [6.07, 6.45) is 18.1. The van der Waals surface area contributed by atoms with Crippen LogP contribution in [0, 0.1) is 12.3 Å². The highest BCUT2D eigenvalue weighted by atomic mass is 14.1. The van der Waals surface area contributed by atoms with Crippen LogP contribution in [-0.2, 0) is 0 Å². The molecule has 0 radical (unpaired) electrons. The van der Waals surface area contributed by atoms with Crippen LogP contribution in [0.1, 0.15) is 38.3 Å². The maximum Gasteiger partial charge on any atom is -0.00852 e. The number of hydrogen-bond donors (Lipinski definition) is 0. The van der Waals surface area contributed by atoms with E-state index in [1.807, 2.05) is 19.1 Å². The molecule has 0 unspecified atom stereocenters. The van der Waals surface area contributed by atoms with E-state index in [0.717, 1.165) is 28.7 Å². The van der Waals surface area contributed by atoms with E-state index >= 15 is 0 Å². The maximum atomic E-state index is 5.39. The summed E-state index contributed by atoms with van der Waals surface area (Å²) in [4.78, 5) is 0. The normalized spacial score (nSPS) is 13.0. The Morgan fingerprint density at radius 3 is 2.33 bits per heavy atom. The van der Waals surface area contributed by atoms with E-state index in [9.17, 15) is 0 Å². The molecule has 0 aliphatic rings. The van der Waals surface area contributed by atoms with Gasteiger partial charge >= 0.3 is 0 Å². The van der Waals surface area contributed by atoms with Gasteiger partial charge in [-0.05, 0) is 54.2 Å². The first kappa shape index (κ1) is 19.3. The van der Waals surface area contributed by atoms with Gasteiger partial charge in [-0.3, -0.25) is 0 Å². The van der Waals surface area contributed by atoms with Crippen LogP contribution in [-0.4, -0.2) is 0 Å². The summed E-state index contributed by atoms with van der Waals surface area (Å²) in [7, 11) is 0. The van der Waals surface area contributed by atoms with E-state index in [-0.39, 0.29) is 0 Å². The van der Waals surface area contributed by atoms with Gasteiger partial charge < -0.3 is 0 Å². The molecule has 0 aromatic heterocycles. The van der Waals surface area contributed by atoms with Crippen molar-refractivity contribution in [1.82, 2.24) is 0 Å². The minimum atomic E-state index is 0.881. The molecule has 0 spiro atoms. The molecule has 0 N–H and O–H groups in total. The molecule has 1 aromatic rings. The summed E-state index contributed by atoms with van der Waals surface area (Å²) >= 11 is 0. The zero-order chi connectivity index (χ0) is 17.9. The van der Waals surface area contributed by atoms with Crippen LogP contribution in [0.15, 0.2) is 84.5 Å². The maximum absolute atomic E-state index is 5.39. The van der Waals surface area contributed by atoms with Gasteiger partial charge in [0.25, 0.3) is 0 Å². The van der Waals surface area contributed by atoms with Crippen molar-refractivity contribution in [1.29, 1.82) is 0 Å². The molecule has 1 rings (SSSR count). The third kappa shape index (κ3) is 5.45. The first-order valence-corrected chi connectivity index (χ1v) is 8.16. The molecular weight excluding hydrogens is 288 g/mol. The molecule has 24 heavy (non-hydrogen) atoms. The molecule has 0 aliphatic heterocycles. The molecule has 0 bridgehead atoms. The molecule has 0 saturated heterocycles. The Morgan fingerprint density at radius 1 is 1.17 bits per heavy atom. The molecule has 0 aliphatic carbocycles. The van der Waals surface area contributed by atoms with Crippen molar-refractivity contribution < 1.29 is 0 Å². The van der Waals surface area contributed by atoms with Crippen LogP contribution in [0.2, 0.25) is 0 Å². The van der Waals surface area contributed by atoms with Gasteiger partial charge in [-0.1, -0.05) is 86.2 Å². The molecule has 1 aromatic carbocycles. The summed E-state index contributed by atoms with van der Waals surface area (Å²) in [5.74, 6) is 2.57. The SMILES string of the molecule is C#CC=CC(CC)=C(C(=C)C=CC(C)=CC)c1ccc(C=C)cc1. The number of rotatable bonds is 7. The highest BCUT2D eigenvalue weighted by Gasteiger charge is 2.09. The molecular formula is C24H26. The van der Waals surface area contributed by atoms with E-state index in [4.69, 9.17) is 6.42 Å². The predicted octanol–water partition coefficient (Wildman–Crippen LogP) is 6.76. The van der Waals surface area contributed by atoms with Gasteiger partial charge in [0.1, 0.15) is 0 Å². The summed E-state index contributed by atoms with van der Waals surface area (Å²) in [5, 5.41) is 0. The second-order valence-corrected chi connectivity index (χ2v) is 5.47. The third-order valence-corrected chi connectivity index (χ3v) is 3.84. The zero-order valence-corrected chi connectivity index (χ0v) is 15.0. The standard InChI is InChI=1S/C24H26/c1-7-11-12-22(10-4)24(20(6)14-13-19(5)8-2)23-17-15-21(9-3)16-18-23/h1,8-9,11-18H,3,6,10H2,2,4-5H3. The third-order valence-electron chi connectivity index (χ3n) is 3.84. The minimum absolute atomic E-state index is 0.881.